The summed E-state index contributed by atoms with van der Waals surface area (Å²) in [6.45, 7) is 7.48. The minimum Gasteiger partial charge on any atom is -0.504 e. The Morgan fingerprint density at radius 2 is 2.08 bits per heavy atom. The van der Waals surface area contributed by atoms with Gasteiger partial charge in [0.1, 0.15) is 6.61 Å². The number of benzene rings is 1. The van der Waals surface area contributed by atoms with Gasteiger partial charge in [-0.15, -0.1) is 0 Å². The van der Waals surface area contributed by atoms with E-state index < -0.39 is 17.5 Å². The molecule has 1 unspecified atom stereocenters. The number of aliphatic hydroxyl groups excluding tert-OH is 1. The lowest BCUT2D eigenvalue weighted by atomic mass is 10.0. The third kappa shape index (κ3) is 4.64. The van der Waals surface area contributed by atoms with Crippen LogP contribution in [0.25, 0.3) is 11.0 Å². The summed E-state index contributed by atoms with van der Waals surface area (Å²) in [6.07, 6.45) is 2.48. The molecule has 0 aliphatic rings. The van der Waals surface area contributed by atoms with Gasteiger partial charge in [0.25, 0.3) is 0 Å². The molecule has 0 spiro atoms. The molecule has 6 nitrogen and oxygen atoms in total. The van der Waals surface area contributed by atoms with E-state index in [1.807, 2.05) is 6.92 Å². The summed E-state index contributed by atoms with van der Waals surface area (Å²) in [5.74, 6) is -0.813. The molecule has 0 amide bonds. The molecule has 0 radical (unpaired) electrons. The monoisotopic (exact) mass is 346 g/mol. The fourth-order valence-corrected chi connectivity index (χ4v) is 2.29. The Labute approximate surface area is 145 Å². The Morgan fingerprint density at radius 3 is 2.76 bits per heavy atom. The number of aliphatic hydroxyl groups is 1. The Balaban J connectivity index is 2.09. The molecular formula is C19H22O6. The highest BCUT2D eigenvalue weighted by molar-refractivity contribution is 5.87. The number of phenolic OH excluding ortho intramolecular Hbond substituents is 2. The zero-order valence-corrected chi connectivity index (χ0v) is 14.3. The van der Waals surface area contributed by atoms with Gasteiger partial charge in [-0.25, -0.2) is 4.79 Å². The highest BCUT2D eigenvalue weighted by atomic mass is 16.5. The maximum atomic E-state index is 11.3. The van der Waals surface area contributed by atoms with Crippen molar-refractivity contribution >= 4 is 11.0 Å². The second kappa shape index (κ2) is 7.90. The normalized spacial score (nSPS) is 13.0. The minimum absolute atomic E-state index is 0.0365. The number of rotatable bonds is 7. The van der Waals surface area contributed by atoms with E-state index in [4.69, 9.17) is 9.15 Å². The van der Waals surface area contributed by atoms with Gasteiger partial charge in [-0.1, -0.05) is 17.7 Å². The molecule has 1 heterocycles. The van der Waals surface area contributed by atoms with Crippen LogP contribution in [0.2, 0.25) is 0 Å². The summed E-state index contributed by atoms with van der Waals surface area (Å²) in [5.41, 5.74) is 1.07. The van der Waals surface area contributed by atoms with Crippen molar-refractivity contribution in [2.24, 2.45) is 0 Å². The molecule has 0 aliphatic heterocycles. The van der Waals surface area contributed by atoms with Crippen LogP contribution in [0.1, 0.15) is 26.7 Å². The molecule has 25 heavy (non-hydrogen) atoms. The van der Waals surface area contributed by atoms with Gasteiger partial charge in [-0.2, -0.15) is 0 Å². The van der Waals surface area contributed by atoms with Crippen molar-refractivity contribution < 1.29 is 24.5 Å². The van der Waals surface area contributed by atoms with Gasteiger partial charge in [0.05, 0.1) is 6.10 Å². The lowest BCUT2D eigenvalue weighted by Crippen LogP contribution is -2.07. The average Bonchev–Trinajstić information content (AvgIpc) is 2.56. The lowest BCUT2D eigenvalue weighted by molar-refractivity contribution is 0.201. The highest BCUT2D eigenvalue weighted by Gasteiger charge is 2.16. The zero-order chi connectivity index (χ0) is 18.6. The van der Waals surface area contributed by atoms with Gasteiger partial charge in [0.15, 0.2) is 11.3 Å². The predicted molar refractivity (Wildman–Crippen MR) is 95.1 cm³/mol. The molecule has 2 aromatic rings. The van der Waals surface area contributed by atoms with E-state index in [9.17, 15) is 20.1 Å². The van der Waals surface area contributed by atoms with Crippen molar-refractivity contribution in [1.29, 1.82) is 0 Å². The maximum absolute atomic E-state index is 11.3. The summed E-state index contributed by atoms with van der Waals surface area (Å²) >= 11 is 0. The van der Waals surface area contributed by atoms with Gasteiger partial charge in [0.2, 0.25) is 11.5 Å². The van der Waals surface area contributed by atoms with Crippen LogP contribution in [0.5, 0.6) is 17.2 Å². The van der Waals surface area contributed by atoms with Gasteiger partial charge < -0.3 is 24.5 Å². The largest absolute Gasteiger partial charge is 0.504 e. The molecule has 1 aromatic carbocycles. The van der Waals surface area contributed by atoms with Crippen LogP contribution < -0.4 is 10.4 Å². The molecule has 1 atom stereocenters. The van der Waals surface area contributed by atoms with Crippen LogP contribution in [-0.2, 0) is 0 Å². The number of fused-ring (bicyclic) bond motifs is 1. The first-order valence-corrected chi connectivity index (χ1v) is 7.90. The lowest BCUT2D eigenvalue weighted by Gasteiger charge is -2.11. The first-order chi connectivity index (χ1) is 11.8. The molecule has 134 valence electrons. The van der Waals surface area contributed by atoms with E-state index in [1.165, 1.54) is 18.2 Å². The first kappa shape index (κ1) is 18.6. The molecule has 0 fully saturated rings. The molecular weight excluding hydrogens is 324 g/mol. The molecule has 0 saturated carbocycles. The van der Waals surface area contributed by atoms with Crippen LogP contribution in [0, 0.1) is 0 Å². The molecule has 0 bridgehead atoms. The first-order valence-electron chi connectivity index (χ1n) is 7.90. The predicted octanol–water partition coefficient (Wildman–Crippen LogP) is 3.25. The summed E-state index contributed by atoms with van der Waals surface area (Å²) in [4.78, 5) is 11.3. The molecule has 2 rings (SSSR count). The van der Waals surface area contributed by atoms with Gasteiger partial charge >= 0.3 is 5.63 Å². The van der Waals surface area contributed by atoms with E-state index in [0.29, 0.717) is 18.2 Å². The third-order valence-electron chi connectivity index (χ3n) is 3.86. The zero-order valence-electron chi connectivity index (χ0n) is 14.3. The fraction of sp³-hybridized carbons (Fsp3) is 0.316. The van der Waals surface area contributed by atoms with Gasteiger partial charge in [-0.05, 0) is 44.9 Å². The highest BCUT2D eigenvalue weighted by Crippen LogP contribution is 2.41. The molecule has 0 saturated heterocycles. The number of allylic oxidation sites excluding steroid dienone is 1. The van der Waals surface area contributed by atoms with Crippen LogP contribution in [0.4, 0.5) is 0 Å². The number of aromatic hydroxyl groups is 2. The van der Waals surface area contributed by atoms with E-state index in [0.717, 1.165) is 11.1 Å². The Bertz CT molecular complexity index is 862. The second-order valence-electron chi connectivity index (χ2n) is 6.01. The van der Waals surface area contributed by atoms with Crippen molar-refractivity contribution in [3.8, 4) is 17.2 Å². The number of hydrogen-bond acceptors (Lipinski definition) is 6. The van der Waals surface area contributed by atoms with Crippen molar-refractivity contribution in [1.82, 2.24) is 0 Å². The number of ether oxygens (including phenoxy) is 1. The van der Waals surface area contributed by atoms with Gasteiger partial charge in [-0.3, -0.25) is 0 Å². The van der Waals surface area contributed by atoms with Crippen LogP contribution >= 0.6 is 0 Å². The second-order valence-corrected chi connectivity index (χ2v) is 6.01. The van der Waals surface area contributed by atoms with Crippen LogP contribution in [0.3, 0.4) is 0 Å². The Morgan fingerprint density at radius 1 is 1.36 bits per heavy atom. The fourth-order valence-electron chi connectivity index (χ4n) is 2.29. The minimum atomic E-state index is -0.605. The topological polar surface area (TPSA) is 100 Å². The Kier molecular flexibility index (Phi) is 5.88. The summed E-state index contributed by atoms with van der Waals surface area (Å²) < 4.78 is 10.4. The van der Waals surface area contributed by atoms with Gasteiger partial charge in [0, 0.05) is 11.5 Å². The molecule has 1 aromatic heterocycles. The Hall–Kier alpha value is -2.73. The van der Waals surface area contributed by atoms with E-state index in [2.05, 4.69) is 6.58 Å². The summed E-state index contributed by atoms with van der Waals surface area (Å²) in [5, 5.41) is 30.3. The maximum Gasteiger partial charge on any atom is 0.336 e. The van der Waals surface area contributed by atoms with Crippen molar-refractivity contribution in [3.63, 3.8) is 0 Å². The van der Waals surface area contributed by atoms with Crippen molar-refractivity contribution in [2.45, 2.75) is 32.8 Å². The van der Waals surface area contributed by atoms with Crippen LogP contribution in [0.15, 0.2) is 51.2 Å². The quantitative estimate of drug-likeness (QED) is 0.526. The van der Waals surface area contributed by atoms with Crippen LogP contribution in [-0.4, -0.2) is 28.0 Å². The summed E-state index contributed by atoms with van der Waals surface area (Å²) in [6, 6.07) is 4.00. The number of hydrogen-bond donors (Lipinski definition) is 3. The van der Waals surface area contributed by atoms with Crippen molar-refractivity contribution in [3.05, 3.63) is 52.4 Å². The van der Waals surface area contributed by atoms with E-state index >= 15 is 0 Å². The average molecular weight is 346 g/mol. The van der Waals surface area contributed by atoms with E-state index in [-0.39, 0.29) is 23.7 Å². The number of phenols is 2. The molecule has 6 heteroatoms. The van der Waals surface area contributed by atoms with Crippen molar-refractivity contribution in [2.75, 3.05) is 6.61 Å². The smallest absolute Gasteiger partial charge is 0.336 e. The summed E-state index contributed by atoms with van der Waals surface area (Å²) in [7, 11) is 0. The molecule has 0 aliphatic carbocycles. The third-order valence-corrected chi connectivity index (χ3v) is 3.86. The SMILES string of the molecule is C=C(C)C(O)CC/C(C)=C/COc1c(O)cc2ccc(=O)oc2c1O. The standard InChI is InChI=1S/C19H22O6/c1-11(2)14(20)6-4-12(3)8-9-24-19-15(21)10-13-5-7-16(22)25-18(13)17(19)23/h5,7-8,10,14,20-21,23H,1,4,6,9H2,2-3H3/b12-8+. The molecule has 3 N–H and O–H groups in total. The van der Waals surface area contributed by atoms with E-state index in [1.54, 1.807) is 13.0 Å².